The summed E-state index contributed by atoms with van der Waals surface area (Å²) in [6.07, 6.45) is 2.71. The van der Waals surface area contributed by atoms with E-state index in [0.29, 0.717) is 31.2 Å². The standard InChI is InChI=1S/C23H22F4O/c1-3-28-19-13-12-18(22(26)23(19)27)16-9-5-15(6-10-16)7-11-17-8-4-14(2)20(24)21(17)25/h4,8,12-13,15-16H,3,5-6,9-10H2,1-2H3. The van der Waals surface area contributed by atoms with Gasteiger partial charge in [-0.15, -0.1) is 0 Å². The van der Waals surface area contributed by atoms with E-state index in [0.717, 1.165) is 0 Å². The monoisotopic (exact) mass is 390 g/mol. The van der Waals surface area contributed by atoms with Crippen LogP contribution in [0.2, 0.25) is 0 Å². The van der Waals surface area contributed by atoms with E-state index in [1.165, 1.54) is 25.1 Å². The highest BCUT2D eigenvalue weighted by Gasteiger charge is 2.26. The van der Waals surface area contributed by atoms with Gasteiger partial charge in [0.05, 0.1) is 12.2 Å². The summed E-state index contributed by atoms with van der Waals surface area (Å²) in [6, 6.07) is 6.04. The van der Waals surface area contributed by atoms with E-state index in [9.17, 15) is 17.6 Å². The minimum Gasteiger partial charge on any atom is -0.491 e. The van der Waals surface area contributed by atoms with Crippen LogP contribution in [0.4, 0.5) is 17.6 Å². The summed E-state index contributed by atoms with van der Waals surface area (Å²) < 4.78 is 61.1. The van der Waals surface area contributed by atoms with Gasteiger partial charge in [-0.3, -0.25) is 0 Å². The van der Waals surface area contributed by atoms with Crippen molar-refractivity contribution < 1.29 is 22.3 Å². The van der Waals surface area contributed by atoms with Gasteiger partial charge in [-0.2, -0.15) is 4.39 Å². The van der Waals surface area contributed by atoms with Crippen molar-refractivity contribution in [1.29, 1.82) is 0 Å². The fraction of sp³-hybridized carbons (Fsp3) is 0.391. The molecule has 2 aromatic rings. The van der Waals surface area contributed by atoms with Crippen LogP contribution in [-0.2, 0) is 0 Å². The predicted octanol–water partition coefficient (Wildman–Crippen LogP) is 6.28. The molecule has 3 rings (SSSR count). The average Bonchev–Trinajstić information content (AvgIpc) is 2.70. The van der Waals surface area contributed by atoms with Crippen LogP contribution in [0.1, 0.15) is 55.2 Å². The maximum absolute atomic E-state index is 14.4. The number of rotatable bonds is 3. The molecule has 0 saturated heterocycles. The third-order valence-electron chi connectivity index (χ3n) is 5.23. The molecule has 0 heterocycles. The van der Waals surface area contributed by atoms with Crippen LogP contribution in [0, 0.1) is 48.0 Å². The Labute approximate surface area is 162 Å². The minimum atomic E-state index is -0.946. The first-order valence-corrected chi connectivity index (χ1v) is 9.49. The molecule has 5 heteroatoms. The van der Waals surface area contributed by atoms with Crippen molar-refractivity contribution in [3.05, 3.63) is 64.2 Å². The molecule has 1 fully saturated rings. The Morgan fingerprint density at radius 2 is 1.61 bits per heavy atom. The van der Waals surface area contributed by atoms with Crippen molar-refractivity contribution in [3.8, 4) is 17.6 Å². The Kier molecular flexibility index (Phi) is 6.28. The van der Waals surface area contributed by atoms with Gasteiger partial charge in [0.2, 0.25) is 5.82 Å². The summed E-state index contributed by atoms with van der Waals surface area (Å²) in [5.74, 6) is 2.01. The molecule has 0 aromatic heterocycles. The van der Waals surface area contributed by atoms with Gasteiger partial charge in [0.25, 0.3) is 0 Å². The predicted molar refractivity (Wildman–Crippen MR) is 100 cm³/mol. The minimum absolute atomic E-state index is 0.0237. The topological polar surface area (TPSA) is 9.23 Å². The first-order valence-electron chi connectivity index (χ1n) is 9.49. The Morgan fingerprint density at radius 3 is 2.29 bits per heavy atom. The van der Waals surface area contributed by atoms with E-state index >= 15 is 0 Å². The van der Waals surface area contributed by atoms with Gasteiger partial charge in [-0.1, -0.05) is 24.0 Å². The van der Waals surface area contributed by atoms with Crippen LogP contribution in [0.25, 0.3) is 0 Å². The van der Waals surface area contributed by atoms with Crippen molar-refractivity contribution >= 4 is 0 Å². The number of hydrogen-bond donors (Lipinski definition) is 0. The third-order valence-corrected chi connectivity index (χ3v) is 5.23. The summed E-state index contributed by atoms with van der Waals surface area (Å²) >= 11 is 0. The van der Waals surface area contributed by atoms with Gasteiger partial charge in [0.15, 0.2) is 23.2 Å². The first kappa shape index (κ1) is 20.3. The van der Waals surface area contributed by atoms with Crippen molar-refractivity contribution in [3.63, 3.8) is 0 Å². The third kappa shape index (κ3) is 4.16. The summed E-state index contributed by atoms with van der Waals surface area (Å²) in [5.41, 5.74) is 0.650. The maximum Gasteiger partial charge on any atom is 0.200 e. The Bertz CT molecular complexity index is 918. The van der Waals surface area contributed by atoms with Crippen LogP contribution in [-0.4, -0.2) is 6.61 Å². The van der Waals surface area contributed by atoms with E-state index < -0.39 is 23.3 Å². The normalized spacial score (nSPS) is 19.1. The molecule has 148 valence electrons. The number of ether oxygens (including phenoxy) is 1. The molecule has 1 saturated carbocycles. The molecule has 2 aromatic carbocycles. The highest BCUT2D eigenvalue weighted by molar-refractivity contribution is 5.39. The SMILES string of the molecule is CCOc1ccc(C2CCC(C#Cc3ccc(C)c(F)c3F)CC2)c(F)c1F. The first-order chi connectivity index (χ1) is 13.4. The van der Waals surface area contributed by atoms with Gasteiger partial charge < -0.3 is 4.74 Å². The van der Waals surface area contributed by atoms with Crippen molar-refractivity contribution in [2.24, 2.45) is 5.92 Å². The molecule has 0 radical (unpaired) electrons. The molecule has 0 spiro atoms. The number of benzene rings is 2. The van der Waals surface area contributed by atoms with E-state index in [4.69, 9.17) is 4.74 Å². The molecule has 1 nitrogen and oxygen atoms in total. The van der Waals surface area contributed by atoms with Gasteiger partial charge in [0, 0.05) is 5.92 Å². The molecule has 0 atom stereocenters. The summed E-state index contributed by atoms with van der Waals surface area (Å²) in [4.78, 5) is 0. The summed E-state index contributed by atoms with van der Waals surface area (Å²) in [7, 11) is 0. The van der Waals surface area contributed by atoms with E-state index in [1.54, 1.807) is 13.0 Å². The van der Waals surface area contributed by atoms with Crippen LogP contribution < -0.4 is 4.74 Å². The van der Waals surface area contributed by atoms with Crippen molar-refractivity contribution in [2.75, 3.05) is 6.61 Å². The fourth-order valence-electron chi connectivity index (χ4n) is 3.60. The number of hydrogen-bond acceptors (Lipinski definition) is 1. The zero-order chi connectivity index (χ0) is 20.3. The van der Waals surface area contributed by atoms with Gasteiger partial charge in [-0.05, 0) is 68.7 Å². The zero-order valence-corrected chi connectivity index (χ0v) is 15.9. The van der Waals surface area contributed by atoms with E-state index in [1.807, 2.05) is 0 Å². The smallest absolute Gasteiger partial charge is 0.200 e. The second-order valence-electron chi connectivity index (χ2n) is 7.09. The van der Waals surface area contributed by atoms with Crippen LogP contribution in [0.3, 0.4) is 0 Å². The molecule has 1 aliphatic rings. The largest absolute Gasteiger partial charge is 0.491 e. The van der Waals surface area contributed by atoms with Gasteiger partial charge >= 0.3 is 0 Å². The Hall–Kier alpha value is -2.48. The lowest BCUT2D eigenvalue weighted by Crippen LogP contribution is -2.14. The quantitative estimate of drug-likeness (QED) is 0.443. The fourth-order valence-corrected chi connectivity index (χ4v) is 3.60. The number of aryl methyl sites for hydroxylation is 1. The van der Waals surface area contributed by atoms with Gasteiger partial charge in [-0.25, -0.2) is 13.2 Å². The second-order valence-corrected chi connectivity index (χ2v) is 7.09. The van der Waals surface area contributed by atoms with Crippen LogP contribution in [0.15, 0.2) is 24.3 Å². The molecular weight excluding hydrogens is 368 g/mol. The molecule has 0 unspecified atom stereocenters. The van der Waals surface area contributed by atoms with E-state index in [2.05, 4.69) is 11.8 Å². The molecule has 0 amide bonds. The molecule has 0 bridgehead atoms. The zero-order valence-electron chi connectivity index (χ0n) is 15.9. The molecule has 1 aliphatic carbocycles. The highest BCUT2D eigenvalue weighted by Crippen LogP contribution is 2.38. The second kappa shape index (κ2) is 8.68. The van der Waals surface area contributed by atoms with Gasteiger partial charge in [0.1, 0.15) is 0 Å². The summed E-state index contributed by atoms with van der Waals surface area (Å²) in [5, 5.41) is 0. The highest BCUT2D eigenvalue weighted by atomic mass is 19.2. The summed E-state index contributed by atoms with van der Waals surface area (Å²) in [6.45, 7) is 3.48. The van der Waals surface area contributed by atoms with E-state index in [-0.39, 0.29) is 35.3 Å². The lowest BCUT2D eigenvalue weighted by Gasteiger charge is -2.26. The molecular formula is C23H22F4O. The lowest BCUT2D eigenvalue weighted by atomic mass is 9.78. The maximum atomic E-state index is 14.4. The molecule has 0 aliphatic heterocycles. The van der Waals surface area contributed by atoms with Crippen molar-refractivity contribution in [1.82, 2.24) is 0 Å². The Balaban J connectivity index is 1.68. The van der Waals surface area contributed by atoms with Crippen LogP contribution in [0.5, 0.6) is 5.75 Å². The van der Waals surface area contributed by atoms with Crippen LogP contribution >= 0.6 is 0 Å². The van der Waals surface area contributed by atoms with Crippen molar-refractivity contribution in [2.45, 2.75) is 45.4 Å². The number of halogens is 4. The average molecular weight is 390 g/mol. The molecule has 28 heavy (non-hydrogen) atoms. The molecule has 0 N–H and O–H groups in total. The Morgan fingerprint density at radius 1 is 0.893 bits per heavy atom. The lowest BCUT2D eigenvalue weighted by molar-refractivity contribution is 0.310.